The van der Waals surface area contributed by atoms with Crippen molar-refractivity contribution in [1.29, 1.82) is 0 Å². The minimum atomic E-state index is -0.128. The third-order valence-corrected chi connectivity index (χ3v) is 3.41. The number of hydrogen-bond acceptors (Lipinski definition) is 3. The van der Waals surface area contributed by atoms with E-state index in [1.807, 2.05) is 32.0 Å². The van der Waals surface area contributed by atoms with Gasteiger partial charge in [0.05, 0.1) is 16.9 Å². The van der Waals surface area contributed by atoms with Gasteiger partial charge in [0.2, 0.25) is 0 Å². The van der Waals surface area contributed by atoms with Gasteiger partial charge in [-0.15, -0.1) is 0 Å². The van der Waals surface area contributed by atoms with Crippen LogP contribution in [0.1, 0.15) is 27.2 Å². The maximum absolute atomic E-state index is 12.2. The normalized spacial score (nSPS) is 12.9. The minimum absolute atomic E-state index is 0.128. The number of anilines is 3. The van der Waals surface area contributed by atoms with Gasteiger partial charge in [0.25, 0.3) is 5.91 Å². The Labute approximate surface area is 111 Å². The molecule has 0 aliphatic carbocycles. The molecule has 1 aromatic carbocycles. The largest absolute Gasteiger partial charge is 0.338 e. The molecule has 0 atom stereocenters. The third-order valence-electron chi connectivity index (χ3n) is 3.41. The van der Waals surface area contributed by atoms with E-state index in [2.05, 4.69) is 22.5 Å². The summed E-state index contributed by atoms with van der Waals surface area (Å²) in [6.45, 7) is 5.99. The maximum atomic E-state index is 12.2. The lowest BCUT2D eigenvalue weighted by Crippen LogP contribution is -2.11. The van der Waals surface area contributed by atoms with E-state index < -0.39 is 0 Å². The van der Waals surface area contributed by atoms with Crippen LogP contribution in [0.5, 0.6) is 0 Å². The molecule has 0 radical (unpaired) electrons. The van der Waals surface area contributed by atoms with E-state index in [1.165, 1.54) is 5.56 Å². The molecule has 19 heavy (non-hydrogen) atoms. The lowest BCUT2D eigenvalue weighted by Gasteiger charge is -2.11. The van der Waals surface area contributed by atoms with Crippen molar-refractivity contribution in [2.45, 2.75) is 20.8 Å². The van der Waals surface area contributed by atoms with Gasteiger partial charge in [-0.05, 0) is 56.2 Å². The average molecular weight is 253 g/mol. The Morgan fingerprint density at radius 3 is 2.26 bits per heavy atom. The number of fused-ring (bicyclic) bond motifs is 2. The number of carbonyl (C=O) groups excluding carboxylic acids is 1. The standard InChI is InChI=1S/C15H15N3O/c1-8-6-12-13(7-9(8)2)18-15(19)11-5-4-10(3)16-14(11)17-12/h4-7H,1-3H3,(H,16,17)(H,18,19). The van der Waals surface area contributed by atoms with E-state index in [9.17, 15) is 4.79 Å². The van der Waals surface area contributed by atoms with Crippen molar-refractivity contribution >= 4 is 23.1 Å². The molecular weight excluding hydrogens is 238 g/mol. The summed E-state index contributed by atoms with van der Waals surface area (Å²) < 4.78 is 0. The zero-order chi connectivity index (χ0) is 13.6. The summed E-state index contributed by atoms with van der Waals surface area (Å²) in [6, 6.07) is 7.65. The van der Waals surface area contributed by atoms with Crippen LogP contribution in [0.2, 0.25) is 0 Å². The molecule has 0 spiro atoms. The van der Waals surface area contributed by atoms with Gasteiger partial charge in [-0.2, -0.15) is 0 Å². The van der Waals surface area contributed by atoms with Gasteiger partial charge < -0.3 is 10.6 Å². The molecule has 4 heteroatoms. The van der Waals surface area contributed by atoms with E-state index in [-0.39, 0.29) is 5.91 Å². The van der Waals surface area contributed by atoms with Crippen molar-refractivity contribution in [2.75, 3.05) is 10.6 Å². The Hall–Kier alpha value is -2.36. The molecular formula is C15H15N3O. The maximum Gasteiger partial charge on any atom is 0.259 e. The van der Waals surface area contributed by atoms with Gasteiger partial charge in [0.15, 0.2) is 0 Å². The minimum Gasteiger partial charge on any atom is -0.338 e. The summed E-state index contributed by atoms with van der Waals surface area (Å²) in [6.07, 6.45) is 0. The Balaban J connectivity index is 2.18. The highest BCUT2D eigenvalue weighted by molar-refractivity contribution is 6.11. The number of nitrogens with one attached hydrogen (secondary N) is 2. The molecule has 4 nitrogen and oxygen atoms in total. The van der Waals surface area contributed by atoms with E-state index >= 15 is 0 Å². The molecule has 0 bridgehead atoms. The second kappa shape index (κ2) is 4.09. The zero-order valence-electron chi connectivity index (χ0n) is 11.2. The average Bonchev–Trinajstić information content (AvgIpc) is 2.46. The Kier molecular flexibility index (Phi) is 2.52. The fourth-order valence-electron chi connectivity index (χ4n) is 2.18. The van der Waals surface area contributed by atoms with E-state index in [4.69, 9.17) is 0 Å². The number of aromatic nitrogens is 1. The summed E-state index contributed by atoms with van der Waals surface area (Å²) in [7, 11) is 0. The molecule has 0 fully saturated rings. The first-order chi connectivity index (χ1) is 9.04. The number of nitrogens with zero attached hydrogens (tertiary/aromatic N) is 1. The Morgan fingerprint density at radius 1 is 0.947 bits per heavy atom. The van der Waals surface area contributed by atoms with E-state index in [0.29, 0.717) is 11.4 Å². The summed E-state index contributed by atoms with van der Waals surface area (Å²) in [5.74, 6) is 0.483. The summed E-state index contributed by atoms with van der Waals surface area (Å²) in [5.41, 5.74) is 5.45. The van der Waals surface area contributed by atoms with Crippen molar-refractivity contribution in [3.63, 3.8) is 0 Å². The van der Waals surface area contributed by atoms with Crippen LogP contribution in [0.25, 0.3) is 0 Å². The first-order valence-corrected chi connectivity index (χ1v) is 6.22. The van der Waals surface area contributed by atoms with Crippen LogP contribution in [0.15, 0.2) is 24.3 Å². The summed E-state index contributed by atoms with van der Waals surface area (Å²) >= 11 is 0. The lowest BCUT2D eigenvalue weighted by atomic mass is 10.1. The molecule has 2 aromatic rings. The van der Waals surface area contributed by atoms with Crippen molar-refractivity contribution < 1.29 is 4.79 Å². The van der Waals surface area contributed by atoms with Crippen LogP contribution in [-0.2, 0) is 0 Å². The number of benzene rings is 1. The Morgan fingerprint density at radius 2 is 1.58 bits per heavy atom. The monoisotopic (exact) mass is 253 g/mol. The van der Waals surface area contributed by atoms with Crippen LogP contribution in [0.3, 0.4) is 0 Å². The van der Waals surface area contributed by atoms with Crippen molar-refractivity contribution in [3.05, 3.63) is 46.6 Å². The first kappa shape index (κ1) is 11.7. The quantitative estimate of drug-likeness (QED) is 0.757. The van der Waals surface area contributed by atoms with Crippen molar-refractivity contribution in [1.82, 2.24) is 4.98 Å². The van der Waals surface area contributed by atoms with Gasteiger partial charge in [-0.3, -0.25) is 4.79 Å². The number of amides is 1. The second-order valence-corrected chi connectivity index (χ2v) is 4.91. The summed E-state index contributed by atoms with van der Waals surface area (Å²) in [4.78, 5) is 16.6. The number of carbonyl (C=O) groups is 1. The molecule has 96 valence electrons. The second-order valence-electron chi connectivity index (χ2n) is 4.91. The first-order valence-electron chi connectivity index (χ1n) is 6.22. The number of rotatable bonds is 0. The molecule has 0 unspecified atom stereocenters. The van der Waals surface area contributed by atoms with Crippen LogP contribution in [0, 0.1) is 20.8 Å². The smallest absolute Gasteiger partial charge is 0.259 e. The predicted octanol–water partition coefficient (Wildman–Crippen LogP) is 3.32. The molecule has 2 heterocycles. The highest BCUT2D eigenvalue weighted by Gasteiger charge is 2.20. The van der Waals surface area contributed by atoms with Crippen LogP contribution in [0.4, 0.5) is 17.2 Å². The molecule has 1 aromatic heterocycles. The molecule has 1 aliphatic rings. The van der Waals surface area contributed by atoms with Crippen LogP contribution in [-0.4, -0.2) is 10.9 Å². The molecule has 0 saturated heterocycles. The number of aryl methyl sites for hydroxylation is 3. The number of pyridine rings is 1. The SMILES string of the molecule is Cc1ccc2c(n1)Nc1cc(C)c(C)cc1NC2=O. The topological polar surface area (TPSA) is 54.0 Å². The van der Waals surface area contributed by atoms with Gasteiger partial charge in [-0.25, -0.2) is 4.98 Å². The molecule has 1 amide bonds. The highest BCUT2D eigenvalue weighted by atomic mass is 16.1. The third kappa shape index (κ3) is 1.95. The van der Waals surface area contributed by atoms with Gasteiger partial charge in [-0.1, -0.05) is 0 Å². The molecule has 2 N–H and O–H groups in total. The molecule has 0 saturated carbocycles. The molecule has 1 aliphatic heterocycles. The van der Waals surface area contributed by atoms with Crippen LogP contribution < -0.4 is 10.6 Å². The van der Waals surface area contributed by atoms with Gasteiger partial charge in [0, 0.05) is 5.69 Å². The van der Waals surface area contributed by atoms with Gasteiger partial charge in [0.1, 0.15) is 5.82 Å². The van der Waals surface area contributed by atoms with E-state index in [1.54, 1.807) is 6.07 Å². The van der Waals surface area contributed by atoms with Gasteiger partial charge >= 0.3 is 0 Å². The van der Waals surface area contributed by atoms with E-state index in [0.717, 1.165) is 22.6 Å². The summed E-state index contributed by atoms with van der Waals surface area (Å²) in [5, 5.41) is 6.17. The van der Waals surface area contributed by atoms with Crippen molar-refractivity contribution in [2.24, 2.45) is 0 Å². The Bertz CT molecular complexity index is 692. The van der Waals surface area contributed by atoms with Crippen LogP contribution >= 0.6 is 0 Å². The zero-order valence-corrected chi connectivity index (χ0v) is 11.2. The number of hydrogen-bond donors (Lipinski definition) is 2. The lowest BCUT2D eigenvalue weighted by molar-refractivity contribution is 0.102. The highest BCUT2D eigenvalue weighted by Crippen LogP contribution is 2.33. The van der Waals surface area contributed by atoms with Crippen molar-refractivity contribution in [3.8, 4) is 0 Å². The fourth-order valence-corrected chi connectivity index (χ4v) is 2.18. The molecule has 3 rings (SSSR count). The fraction of sp³-hybridized carbons (Fsp3) is 0.200. The predicted molar refractivity (Wildman–Crippen MR) is 76.1 cm³/mol.